The number of halogens is 1. The van der Waals surface area contributed by atoms with Crippen molar-refractivity contribution in [2.24, 2.45) is 0 Å². The first-order valence-corrected chi connectivity index (χ1v) is 12.4. The third-order valence-electron chi connectivity index (χ3n) is 6.22. The van der Waals surface area contributed by atoms with Gasteiger partial charge in [0.15, 0.2) is 0 Å². The van der Waals surface area contributed by atoms with E-state index < -0.39 is 6.17 Å². The average Bonchev–Trinajstić information content (AvgIpc) is 2.93. The number of anilines is 3. The predicted octanol–water partition coefficient (Wildman–Crippen LogP) is 6.66. The molecular weight excluding hydrogens is 502 g/mol. The van der Waals surface area contributed by atoms with E-state index in [-0.39, 0.29) is 18.4 Å². The Morgan fingerprint density at radius 1 is 1.00 bits per heavy atom. The van der Waals surface area contributed by atoms with E-state index >= 15 is 0 Å². The largest absolute Gasteiger partial charge is 0.496 e. The van der Waals surface area contributed by atoms with Crippen molar-refractivity contribution in [2.75, 3.05) is 22.6 Å². The Kier molecular flexibility index (Phi) is 7.20. The van der Waals surface area contributed by atoms with E-state index in [1.165, 1.54) is 6.92 Å². The van der Waals surface area contributed by atoms with Gasteiger partial charge in [-0.05, 0) is 78.4 Å². The van der Waals surface area contributed by atoms with Crippen molar-refractivity contribution in [3.63, 3.8) is 0 Å². The zero-order valence-electron chi connectivity index (χ0n) is 20.9. The van der Waals surface area contributed by atoms with Gasteiger partial charge in [-0.15, -0.1) is 0 Å². The van der Waals surface area contributed by atoms with Gasteiger partial charge in [-0.3, -0.25) is 14.5 Å². The molecule has 1 atom stereocenters. The molecule has 2 N–H and O–H groups in total. The smallest absolute Gasteiger partial charge is 0.262 e. The summed E-state index contributed by atoms with van der Waals surface area (Å²) in [6, 6.07) is 27.6. The number of ether oxygens (including phenoxy) is 2. The predicted molar refractivity (Wildman–Crippen MR) is 149 cm³/mol. The maximum Gasteiger partial charge on any atom is 0.262 e. The fourth-order valence-electron chi connectivity index (χ4n) is 4.43. The number of fused-ring (bicyclic) bond motifs is 1. The summed E-state index contributed by atoms with van der Waals surface area (Å²) >= 11 is 6.13. The molecule has 2 amide bonds. The van der Waals surface area contributed by atoms with E-state index in [1.54, 1.807) is 48.4 Å². The average molecular weight is 528 g/mol. The number of amides is 2. The number of carbonyl (C=O) groups is 2. The lowest BCUT2D eigenvalue weighted by molar-refractivity contribution is -0.114. The van der Waals surface area contributed by atoms with Crippen LogP contribution in [-0.4, -0.2) is 18.9 Å². The second kappa shape index (κ2) is 10.9. The van der Waals surface area contributed by atoms with Crippen molar-refractivity contribution in [1.82, 2.24) is 0 Å². The van der Waals surface area contributed by atoms with Gasteiger partial charge >= 0.3 is 0 Å². The zero-order valence-corrected chi connectivity index (χ0v) is 21.7. The number of rotatable bonds is 7. The summed E-state index contributed by atoms with van der Waals surface area (Å²) in [7, 11) is 1.61. The lowest BCUT2D eigenvalue weighted by Gasteiger charge is -2.38. The van der Waals surface area contributed by atoms with Crippen molar-refractivity contribution in [2.45, 2.75) is 19.7 Å². The Morgan fingerprint density at radius 2 is 1.74 bits per heavy atom. The first-order chi connectivity index (χ1) is 18.4. The van der Waals surface area contributed by atoms with Crippen LogP contribution in [0.15, 0.2) is 91.0 Å². The van der Waals surface area contributed by atoms with Crippen LogP contribution < -0.4 is 25.0 Å². The molecule has 8 heteroatoms. The SMILES string of the molecule is COc1ccc([C@H]2Nc3ccccc3C(=O)N2c2ccc(Cl)cc2)cc1COc1ccc(NC(C)=O)cc1. The summed E-state index contributed by atoms with van der Waals surface area (Å²) in [4.78, 5) is 26.7. The highest BCUT2D eigenvalue weighted by Gasteiger charge is 2.34. The molecule has 1 heterocycles. The summed E-state index contributed by atoms with van der Waals surface area (Å²) < 4.78 is 11.6. The van der Waals surface area contributed by atoms with Crippen LogP contribution in [0.25, 0.3) is 0 Å². The Labute approximate surface area is 225 Å². The number of hydrogen-bond acceptors (Lipinski definition) is 5. The molecule has 4 aromatic carbocycles. The first-order valence-electron chi connectivity index (χ1n) is 12.0. The normalized spacial score (nSPS) is 14.3. The molecular formula is C30H26ClN3O4. The van der Waals surface area contributed by atoms with E-state index in [4.69, 9.17) is 21.1 Å². The van der Waals surface area contributed by atoms with Gasteiger partial charge in [0.1, 0.15) is 24.3 Å². The third kappa shape index (κ3) is 5.28. The van der Waals surface area contributed by atoms with E-state index in [1.807, 2.05) is 54.6 Å². The Hall–Kier alpha value is -4.49. The molecule has 0 aliphatic carbocycles. The number of benzene rings is 4. The highest BCUT2D eigenvalue weighted by atomic mass is 35.5. The molecule has 1 aliphatic heterocycles. The molecule has 38 heavy (non-hydrogen) atoms. The molecule has 0 saturated heterocycles. The molecule has 7 nitrogen and oxygen atoms in total. The summed E-state index contributed by atoms with van der Waals surface area (Å²) in [5.41, 5.74) is 4.46. The maximum absolute atomic E-state index is 13.7. The van der Waals surface area contributed by atoms with Crippen molar-refractivity contribution in [3.05, 3.63) is 113 Å². The summed E-state index contributed by atoms with van der Waals surface area (Å²) in [5, 5.41) is 6.86. The van der Waals surface area contributed by atoms with Crippen LogP contribution in [0.5, 0.6) is 11.5 Å². The van der Waals surface area contributed by atoms with Gasteiger partial charge < -0.3 is 20.1 Å². The van der Waals surface area contributed by atoms with Crippen LogP contribution in [-0.2, 0) is 11.4 Å². The summed E-state index contributed by atoms with van der Waals surface area (Å²) in [6.45, 7) is 1.71. The van der Waals surface area contributed by atoms with Crippen LogP contribution in [0.4, 0.5) is 17.1 Å². The van der Waals surface area contributed by atoms with E-state index in [9.17, 15) is 9.59 Å². The quantitative estimate of drug-likeness (QED) is 0.281. The number of methoxy groups -OCH3 is 1. The Bertz CT molecular complexity index is 1470. The minimum Gasteiger partial charge on any atom is -0.496 e. The fraction of sp³-hybridized carbons (Fsp3) is 0.133. The van der Waals surface area contributed by atoms with Crippen LogP contribution >= 0.6 is 11.6 Å². The van der Waals surface area contributed by atoms with E-state index in [0.717, 1.165) is 22.5 Å². The molecule has 0 spiro atoms. The van der Waals surface area contributed by atoms with Gasteiger partial charge in [-0.1, -0.05) is 29.8 Å². The topological polar surface area (TPSA) is 79.9 Å². The lowest BCUT2D eigenvalue weighted by atomic mass is 10.0. The third-order valence-corrected chi connectivity index (χ3v) is 6.47. The second-order valence-electron chi connectivity index (χ2n) is 8.81. The minimum atomic E-state index is -0.472. The van der Waals surface area contributed by atoms with Gasteiger partial charge in [0.05, 0.1) is 12.7 Å². The molecule has 0 saturated carbocycles. The standard InChI is InChI=1S/C30H26ClN3O4/c1-19(35)32-23-10-14-25(15-11-23)38-18-21-17-20(7-16-28(21)37-2)29-33-27-6-4-3-5-26(27)30(36)34(29)24-12-8-22(31)9-13-24/h3-17,29,33H,18H2,1-2H3,(H,32,35)/t29-/m0/s1. The monoisotopic (exact) mass is 527 g/mol. The number of carbonyl (C=O) groups excluding carboxylic acids is 2. The molecule has 1 aliphatic rings. The second-order valence-corrected chi connectivity index (χ2v) is 9.25. The van der Waals surface area contributed by atoms with Gasteiger partial charge in [-0.2, -0.15) is 0 Å². The van der Waals surface area contributed by atoms with Gasteiger partial charge in [0, 0.05) is 34.6 Å². The number of hydrogen-bond donors (Lipinski definition) is 2. The molecule has 4 aromatic rings. The highest BCUT2D eigenvalue weighted by Crippen LogP contribution is 2.38. The van der Waals surface area contributed by atoms with E-state index in [2.05, 4.69) is 10.6 Å². The molecule has 0 aromatic heterocycles. The highest BCUT2D eigenvalue weighted by molar-refractivity contribution is 6.30. The maximum atomic E-state index is 13.7. The molecule has 192 valence electrons. The van der Waals surface area contributed by atoms with Gasteiger partial charge in [0.2, 0.25) is 5.91 Å². The number of nitrogens with one attached hydrogen (secondary N) is 2. The summed E-state index contributed by atoms with van der Waals surface area (Å²) in [6.07, 6.45) is -0.472. The van der Waals surface area contributed by atoms with Crippen molar-refractivity contribution < 1.29 is 19.1 Å². The molecule has 0 unspecified atom stereocenters. The first kappa shape index (κ1) is 25.2. The van der Waals surface area contributed by atoms with E-state index in [0.29, 0.717) is 27.8 Å². The van der Waals surface area contributed by atoms with Crippen LogP contribution in [0.3, 0.4) is 0 Å². The fourth-order valence-corrected chi connectivity index (χ4v) is 4.56. The van der Waals surface area contributed by atoms with Crippen LogP contribution in [0.2, 0.25) is 5.02 Å². The van der Waals surface area contributed by atoms with Crippen LogP contribution in [0, 0.1) is 0 Å². The molecule has 0 bridgehead atoms. The van der Waals surface area contributed by atoms with Crippen LogP contribution in [0.1, 0.15) is 34.6 Å². The Balaban J connectivity index is 1.46. The van der Waals surface area contributed by atoms with Crippen molar-refractivity contribution in [1.29, 1.82) is 0 Å². The Morgan fingerprint density at radius 3 is 2.45 bits per heavy atom. The van der Waals surface area contributed by atoms with Crippen molar-refractivity contribution >= 4 is 40.5 Å². The number of nitrogens with zero attached hydrogens (tertiary/aromatic N) is 1. The molecule has 0 radical (unpaired) electrons. The molecule has 5 rings (SSSR count). The zero-order chi connectivity index (χ0) is 26.6. The van der Waals surface area contributed by atoms with Crippen molar-refractivity contribution in [3.8, 4) is 11.5 Å². The number of para-hydroxylation sites is 1. The molecule has 0 fully saturated rings. The summed E-state index contributed by atoms with van der Waals surface area (Å²) in [5.74, 6) is 1.07. The van der Waals surface area contributed by atoms with Gasteiger partial charge in [0.25, 0.3) is 5.91 Å². The lowest BCUT2D eigenvalue weighted by Crippen LogP contribution is -2.43. The minimum absolute atomic E-state index is 0.112. The van der Waals surface area contributed by atoms with Gasteiger partial charge in [-0.25, -0.2) is 0 Å².